The fourth-order valence-corrected chi connectivity index (χ4v) is 3.21. The molecule has 0 spiro atoms. The third-order valence-corrected chi connectivity index (χ3v) is 4.67. The second-order valence-electron chi connectivity index (χ2n) is 5.49. The van der Waals surface area contributed by atoms with Crippen molar-refractivity contribution < 1.29 is 23.9 Å². The molecule has 0 bridgehead atoms. The standard InChI is InChI=1S/C17H17N3O5S/c1-24-13-4-2-11(3-5-13)16-19-12(10-26-16)8-15(22)25-9-14(21)20-7-6-18-17(20)23/h2-5,10H,6-9H2,1H3,(H,18,23). The van der Waals surface area contributed by atoms with Gasteiger partial charge in [-0.3, -0.25) is 14.5 Å². The first-order valence-corrected chi connectivity index (χ1v) is 8.77. The topological polar surface area (TPSA) is 97.8 Å². The number of aromatic nitrogens is 1. The molecule has 1 aromatic carbocycles. The van der Waals surface area contributed by atoms with Crippen LogP contribution in [0, 0.1) is 0 Å². The number of methoxy groups -OCH3 is 1. The molecular weight excluding hydrogens is 358 g/mol. The summed E-state index contributed by atoms with van der Waals surface area (Å²) in [7, 11) is 1.60. The average Bonchev–Trinajstić information content (AvgIpc) is 3.29. The van der Waals surface area contributed by atoms with E-state index in [-0.39, 0.29) is 13.0 Å². The van der Waals surface area contributed by atoms with Gasteiger partial charge in [-0.05, 0) is 24.3 Å². The first-order chi connectivity index (χ1) is 12.6. The van der Waals surface area contributed by atoms with Crippen molar-refractivity contribution in [3.05, 3.63) is 35.3 Å². The Morgan fingerprint density at radius 2 is 2.08 bits per heavy atom. The van der Waals surface area contributed by atoms with Gasteiger partial charge in [-0.25, -0.2) is 9.78 Å². The lowest BCUT2D eigenvalue weighted by Crippen LogP contribution is -2.37. The predicted molar refractivity (Wildman–Crippen MR) is 93.9 cm³/mol. The molecule has 0 radical (unpaired) electrons. The zero-order chi connectivity index (χ0) is 18.5. The molecule has 3 amide bonds. The molecule has 8 nitrogen and oxygen atoms in total. The van der Waals surface area contributed by atoms with Gasteiger partial charge in [-0.15, -0.1) is 11.3 Å². The summed E-state index contributed by atoms with van der Waals surface area (Å²) in [5.41, 5.74) is 1.49. The number of imide groups is 1. The summed E-state index contributed by atoms with van der Waals surface area (Å²) in [4.78, 5) is 40.5. The molecule has 26 heavy (non-hydrogen) atoms. The first-order valence-electron chi connectivity index (χ1n) is 7.89. The fourth-order valence-electron chi connectivity index (χ4n) is 2.38. The Balaban J connectivity index is 1.52. The van der Waals surface area contributed by atoms with Gasteiger partial charge in [0.15, 0.2) is 6.61 Å². The third-order valence-electron chi connectivity index (χ3n) is 3.73. The lowest BCUT2D eigenvalue weighted by atomic mass is 10.2. The number of amides is 3. The van der Waals surface area contributed by atoms with Gasteiger partial charge in [-0.1, -0.05) is 0 Å². The minimum atomic E-state index is -0.565. The van der Waals surface area contributed by atoms with E-state index in [4.69, 9.17) is 9.47 Å². The Bertz CT molecular complexity index is 818. The maximum atomic E-state index is 11.9. The van der Waals surface area contributed by atoms with Crippen LogP contribution in [0.1, 0.15) is 5.69 Å². The van der Waals surface area contributed by atoms with Crippen molar-refractivity contribution in [3.8, 4) is 16.3 Å². The molecule has 1 fully saturated rings. The number of hydrogen-bond acceptors (Lipinski definition) is 7. The van der Waals surface area contributed by atoms with Crippen LogP contribution in [0.4, 0.5) is 4.79 Å². The van der Waals surface area contributed by atoms with E-state index in [1.807, 2.05) is 24.3 Å². The Morgan fingerprint density at radius 3 is 2.73 bits per heavy atom. The van der Waals surface area contributed by atoms with E-state index in [2.05, 4.69) is 10.3 Å². The molecule has 0 aliphatic carbocycles. The normalized spacial score (nSPS) is 13.4. The molecule has 3 rings (SSSR count). The van der Waals surface area contributed by atoms with Crippen LogP contribution in [0.15, 0.2) is 29.6 Å². The zero-order valence-corrected chi connectivity index (χ0v) is 14.9. The SMILES string of the molecule is COc1ccc(-c2nc(CC(=O)OCC(=O)N3CCNC3=O)cs2)cc1. The van der Waals surface area contributed by atoms with E-state index < -0.39 is 24.5 Å². The summed E-state index contributed by atoms with van der Waals surface area (Å²) in [5.74, 6) is -0.347. The van der Waals surface area contributed by atoms with Crippen LogP contribution in [-0.4, -0.2) is 54.6 Å². The number of urea groups is 1. The van der Waals surface area contributed by atoms with Gasteiger partial charge in [0.05, 0.1) is 19.2 Å². The maximum absolute atomic E-state index is 11.9. The van der Waals surface area contributed by atoms with Crippen LogP contribution >= 0.6 is 11.3 Å². The van der Waals surface area contributed by atoms with E-state index in [1.165, 1.54) is 11.3 Å². The molecule has 1 aliphatic rings. The number of carbonyl (C=O) groups is 3. The summed E-state index contributed by atoms with van der Waals surface area (Å²) < 4.78 is 10.1. The van der Waals surface area contributed by atoms with Crippen molar-refractivity contribution >= 4 is 29.2 Å². The van der Waals surface area contributed by atoms with E-state index in [0.29, 0.717) is 12.2 Å². The average molecular weight is 375 g/mol. The van der Waals surface area contributed by atoms with Crippen molar-refractivity contribution in [2.24, 2.45) is 0 Å². The zero-order valence-electron chi connectivity index (χ0n) is 14.1. The molecule has 0 atom stereocenters. The van der Waals surface area contributed by atoms with Crippen molar-refractivity contribution in [1.82, 2.24) is 15.2 Å². The van der Waals surface area contributed by atoms with Gasteiger partial charge < -0.3 is 14.8 Å². The molecule has 1 N–H and O–H groups in total. The Kier molecular flexibility index (Phi) is 5.47. The van der Waals surface area contributed by atoms with E-state index in [1.54, 1.807) is 12.5 Å². The number of esters is 1. The van der Waals surface area contributed by atoms with Crippen molar-refractivity contribution in [2.45, 2.75) is 6.42 Å². The lowest BCUT2D eigenvalue weighted by molar-refractivity contribution is -0.150. The number of thiazole rings is 1. The largest absolute Gasteiger partial charge is 0.497 e. The number of hydrogen-bond donors (Lipinski definition) is 1. The monoisotopic (exact) mass is 375 g/mol. The van der Waals surface area contributed by atoms with E-state index in [0.717, 1.165) is 21.2 Å². The van der Waals surface area contributed by atoms with Crippen LogP contribution in [0.2, 0.25) is 0 Å². The molecule has 9 heteroatoms. The molecule has 2 heterocycles. The molecule has 1 aromatic heterocycles. The molecule has 1 saturated heterocycles. The molecule has 0 saturated carbocycles. The fraction of sp³-hybridized carbons (Fsp3) is 0.294. The Labute approximate surface area is 153 Å². The van der Waals surface area contributed by atoms with Crippen LogP contribution in [0.5, 0.6) is 5.75 Å². The van der Waals surface area contributed by atoms with Gasteiger partial charge >= 0.3 is 12.0 Å². The summed E-state index contributed by atoms with van der Waals surface area (Å²) in [6, 6.07) is 6.99. The molecule has 0 unspecified atom stereocenters. The minimum Gasteiger partial charge on any atom is -0.497 e. The highest BCUT2D eigenvalue weighted by Crippen LogP contribution is 2.25. The highest BCUT2D eigenvalue weighted by Gasteiger charge is 2.26. The smallest absolute Gasteiger partial charge is 0.324 e. The maximum Gasteiger partial charge on any atom is 0.324 e. The second kappa shape index (κ2) is 7.96. The number of ether oxygens (including phenoxy) is 2. The molecule has 2 aromatic rings. The highest BCUT2D eigenvalue weighted by molar-refractivity contribution is 7.13. The van der Waals surface area contributed by atoms with Gasteiger partial charge in [0.25, 0.3) is 5.91 Å². The van der Waals surface area contributed by atoms with Crippen molar-refractivity contribution in [1.29, 1.82) is 0 Å². The lowest BCUT2D eigenvalue weighted by Gasteiger charge is -2.11. The van der Waals surface area contributed by atoms with Crippen LogP contribution in [-0.2, 0) is 20.7 Å². The summed E-state index contributed by atoms with van der Waals surface area (Å²) in [5, 5.41) is 5.07. The third kappa shape index (κ3) is 4.17. The second-order valence-corrected chi connectivity index (χ2v) is 6.35. The van der Waals surface area contributed by atoms with Gasteiger partial charge in [0, 0.05) is 24.0 Å². The number of rotatable bonds is 6. The molecular formula is C17H17N3O5S. The number of nitrogens with zero attached hydrogens (tertiary/aromatic N) is 2. The molecule has 136 valence electrons. The first kappa shape index (κ1) is 17.9. The van der Waals surface area contributed by atoms with Crippen LogP contribution in [0.3, 0.4) is 0 Å². The van der Waals surface area contributed by atoms with Crippen LogP contribution < -0.4 is 10.1 Å². The number of benzene rings is 1. The number of nitrogens with one attached hydrogen (secondary N) is 1. The summed E-state index contributed by atoms with van der Waals surface area (Å²) in [6.45, 7) is 0.236. The minimum absolute atomic E-state index is 0.0356. The van der Waals surface area contributed by atoms with Crippen molar-refractivity contribution in [2.75, 3.05) is 26.8 Å². The summed E-state index contributed by atoms with van der Waals surface area (Å²) in [6.07, 6.45) is -0.0356. The highest BCUT2D eigenvalue weighted by atomic mass is 32.1. The molecule has 1 aliphatic heterocycles. The van der Waals surface area contributed by atoms with Gasteiger partial charge in [0.1, 0.15) is 10.8 Å². The Morgan fingerprint density at radius 1 is 1.31 bits per heavy atom. The van der Waals surface area contributed by atoms with Gasteiger partial charge in [0.2, 0.25) is 0 Å². The quantitative estimate of drug-likeness (QED) is 0.768. The van der Waals surface area contributed by atoms with Gasteiger partial charge in [-0.2, -0.15) is 0 Å². The Hall–Kier alpha value is -2.94. The van der Waals surface area contributed by atoms with E-state index in [9.17, 15) is 14.4 Å². The number of carbonyl (C=O) groups excluding carboxylic acids is 3. The predicted octanol–water partition coefficient (Wildman–Crippen LogP) is 1.46. The van der Waals surface area contributed by atoms with Crippen molar-refractivity contribution in [3.63, 3.8) is 0 Å². The summed E-state index contributed by atoms with van der Waals surface area (Å²) >= 11 is 1.42. The van der Waals surface area contributed by atoms with Crippen LogP contribution in [0.25, 0.3) is 10.6 Å². The van der Waals surface area contributed by atoms with E-state index >= 15 is 0 Å².